The number of piperidine rings is 1. The number of nitrogens with one attached hydrogen (secondary N) is 3. The highest BCUT2D eigenvalue weighted by atomic mass is 16.2. The van der Waals surface area contributed by atoms with Crippen molar-refractivity contribution in [1.82, 2.24) is 20.9 Å². The molecule has 1 aromatic carbocycles. The quantitative estimate of drug-likeness (QED) is 0.682. The molecule has 7 nitrogen and oxygen atoms in total. The van der Waals surface area contributed by atoms with E-state index < -0.39 is 0 Å². The first-order valence-electron chi connectivity index (χ1n) is 11.2. The lowest BCUT2D eigenvalue weighted by Gasteiger charge is -2.29. The van der Waals surface area contributed by atoms with Crippen LogP contribution in [0.4, 0.5) is 0 Å². The van der Waals surface area contributed by atoms with Gasteiger partial charge in [0.1, 0.15) is 0 Å². The van der Waals surface area contributed by atoms with Crippen LogP contribution in [0.25, 0.3) is 0 Å². The van der Waals surface area contributed by atoms with Gasteiger partial charge < -0.3 is 20.9 Å². The number of carbonyl (C=O) groups excluding carboxylic acids is 3. The molecule has 2 fully saturated rings. The fourth-order valence-corrected chi connectivity index (χ4v) is 4.30. The van der Waals surface area contributed by atoms with Crippen LogP contribution in [-0.2, 0) is 14.4 Å². The molecular weight excluding hydrogens is 380 g/mol. The molecule has 7 heteroatoms. The summed E-state index contributed by atoms with van der Waals surface area (Å²) in [6.45, 7) is 3.32. The van der Waals surface area contributed by atoms with Crippen molar-refractivity contribution in [3.63, 3.8) is 0 Å². The highest BCUT2D eigenvalue weighted by Crippen LogP contribution is 2.24. The van der Waals surface area contributed by atoms with Gasteiger partial charge in [-0.25, -0.2) is 0 Å². The maximum Gasteiger partial charge on any atom is 0.239 e. The molecule has 3 N–H and O–H groups in total. The van der Waals surface area contributed by atoms with E-state index in [1.807, 2.05) is 18.2 Å². The zero-order valence-corrected chi connectivity index (χ0v) is 17.7. The third-order valence-corrected chi connectivity index (χ3v) is 6.07. The maximum absolute atomic E-state index is 13.0. The van der Waals surface area contributed by atoms with Crippen molar-refractivity contribution < 1.29 is 14.4 Å². The number of hydrogen-bond donors (Lipinski definition) is 3. The summed E-state index contributed by atoms with van der Waals surface area (Å²) in [5, 5.41) is 9.24. The summed E-state index contributed by atoms with van der Waals surface area (Å²) in [6.07, 6.45) is 4.26. The van der Waals surface area contributed by atoms with Crippen molar-refractivity contribution in [2.45, 2.75) is 44.4 Å². The molecule has 1 aromatic rings. The second-order valence-corrected chi connectivity index (χ2v) is 8.27. The molecule has 3 amide bonds. The van der Waals surface area contributed by atoms with Crippen LogP contribution in [-0.4, -0.2) is 61.9 Å². The molecule has 2 aliphatic heterocycles. The van der Waals surface area contributed by atoms with E-state index in [4.69, 9.17) is 0 Å². The van der Waals surface area contributed by atoms with E-state index in [0.29, 0.717) is 32.5 Å². The molecular formula is C23H34N4O3. The van der Waals surface area contributed by atoms with Crippen molar-refractivity contribution in [2.75, 3.05) is 39.3 Å². The van der Waals surface area contributed by atoms with Crippen molar-refractivity contribution in [3.05, 3.63) is 35.9 Å². The van der Waals surface area contributed by atoms with Gasteiger partial charge in [-0.2, -0.15) is 0 Å². The van der Waals surface area contributed by atoms with Crippen molar-refractivity contribution in [2.24, 2.45) is 5.92 Å². The predicted molar refractivity (Wildman–Crippen MR) is 116 cm³/mol. The molecule has 30 heavy (non-hydrogen) atoms. The zero-order chi connectivity index (χ0) is 21.2. The number of hydrogen-bond acceptors (Lipinski definition) is 4. The zero-order valence-electron chi connectivity index (χ0n) is 17.7. The van der Waals surface area contributed by atoms with E-state index in [1.165, 1.54) is 5.56 Å². The topological polar surface area (TPSA) is 90.5 Å². The first kappa shape index (κ1) is 22.3. The standard InChI is InChI=1S/C23H34N4O3/c28-21-8-7-19(18-5-2-1-3-6-18)11-15-26-22(29)17-27(16-4-12-25-21)23(30)20-9-13-24-14-10-20/h1-3,5-6,19-20,24H,4,7-17H2,(H,25,28)(H,26,29). The minimum absolute atomic E-state index is 0.0185. The number of rotatable bonds is 2. The van der Waals surface area contributed by atoms with Crippen molar-refractivity contribution in [1.29, 1.82) is 0 Å². The molecule has 0 aromatic heterocycles. The number of carbonyl (C=O) groups is 3. The Balaban J connectivity index is 1.63. The summed E-state index contributed by atoms with van der Waals surface area (Å²) in [5.41, 5.74) is 1.19. The van der Waals surface area contributed by atoms with Crippen LogP contribution in [0.3, 0.4) is 0 Å². The molecule has 0 aliphatic carbocycles. The van der Waals surface area contributed by atoms with Gasteiger partial charge in [0, 0.05) is 32.0 Å². The summed E-state index contributed by atoms with van der Waals surface area (Å²) < 4.78 is 0. The molecule has 2 saturated heterocycles. The summed E-state index contributed by atoms with van der Waals surface area (Å²) in [6, 6.07) is 10.1. The molecule has 1 atom stereocenters. The minimum atomic E-state index is -0.106. The second-order valence-electron chi connectivity index (χ2n) is 8.27. The number of benzene rings is 1. The van der Waals surface area contributed by atoms with E-state index in [1.54, 1.807) is 4.90 Å². The Labute approximate surface area is 179 Å². The van der Waals surface area contributed by atoms with Crippen LogP contribution in [0.5, 0.6) is 0 Å². The largest absolute Gasteiger partial charge is 0.356 e. The fourth-order valence-electron chi connectivity index (χ4n) is 4.30. The van der Waals surface area contributed by atoms with E-state index in [0.717, 1.165) is 38.8 Å². The highest BCUT2D eigenvalue weighted by Gasteiger charge is 2.27. The van der Waals surface area contributed by atoms with Crippen LogP contribution in [0, 0.1) is 5.92 Å². The maximum atomic E-state index is 13.0. The van der Waals surface area contributed by atoms with Gasteiger partial charge in [0.15, 0.2) is 0 Å². The summed E-state index contributed by atoms with van der Waals surface area (Å²) >= 11 is 0. The summed E-state index contributed by atoms with van der Waals surface area (Å²) in [4.78, 5) is 39.5. The average molecular weight is 415 g/mol. The lowest BCUT2D eigenvalue weighted by Crippen LogP contribution is -2.46. The van der Waals surface area contributed by atoms with Crippen LogP contribution in [0.1, 0.15) is 50.0 Å². The van der Waals surface area contributed by atoms with Gasteiger partial charge in [0.05, 0.1) is 6.54 Å². The SMILES string of the molecule is O=C1CCC(c2ccccc2)CCNC(=O)CN(C(=O)C2CCNCC2)CCCN1. The van der Waals surface area contributed by atoms with E-state index in [-0.39, 0.29) is 36.1 Å². The molecule has 164 valence electrons. The Morgan fingerprint density at radius 1 is 0.867 bits per heavy atom. The molecule has 0 bridgehead atoms. The lowest BCUT2D eigenvalue weighted by molar-refractivity contribution is -0.140. The van der Waals surface area contributed by atoms with Crippen LogP contribution in [0.15, 0.2) is 30.3 Å². The molecule has 1 unspecified atom stereocenters. The smallest absolute Gasteiger partial charge is 0.239 e. The molecule has 0 saturated carbocycles. The Bertz CT molecular complexity index is 704. The third kappa shape index (κ3) is 6.83. The Morgan fingerprint density at radius 2 is 1.60 bits per heavy atom. The van der Waals surface area contributed by atoms with Gasteiger partial charge in [0.2, 0.25) is 17.7 Å². The van der Waals surface area contributed by atoms with Crippen molar-refractivity contribution in [3.8, 4) is 0 Å². The van der Waals surface area contributed by atoms with E-state index in [2.05, 4.69) is 28.1 Å². The van der Waals surface area contributed by atoms with Crippen LogP contribution >= 0.6 is 0 Å². The van der Waals surface area contributed by atoms with Gasteiger partial charge in [-0.3, -0.25) is 14.4 Å². The molecule has 0 spiro atoms. The molecule has 2 aliphatic rings. The molecule has 3 rings (SSSR count). The van der Waals surface area contributed by atoms with Crippen molar-refractivity contribution >= 4 is 17.7 Å². The van der Waals surface area contributed by atoms with Gasteiger partial charge in [-0.15, -0.1) is 0 Å². The van der Waals surface area contributed by atoms with E-state index >= 15 is 0 Å². The molecule has 2 heterocycles. The normalized spacial score (nSPS) is 23.2. The monoisotopic (exact) mass is 414 g/mol. The number of amides is 3. The van der Waals surface area contributed by atoms with Crippen LogP contribution < -0.4 is 16.0 Å². The first-order valence-corrected chi connectivity index (χ1v) is 11.2. The Kier molecular flexibility index (Phi) is 8.68. The van der Waals surface area contributed by atoms with Crippen LogP contribution in [0.2, 0.25) is 0 Å². The van der Waals surface area contributed by atoms with E-state index in [9.17, 15) is 14.4 Å². The fraction of sp³-hybridized carbons (Fsp3) is 0.609. The van der Waals surface area contributed by atoms with Gasteiger partial charge in [-0.1, -0.05) is 30.3 Å². The first-order chi connectivity index (χ1) is 14.6. The summed E-state index contributed by atoms with van der Waals surface area (Å²) in [5.74, 6) is 0.202. The highest BCUT2D eigenvalue weighted by molar-refractivity contribution is 5.86. The predicted octanol–water partition coefficient (Wildman–Crippen LogP) is 1.40. The minimum Gasteiger partial charge on any atom is -0.356 e. The van der Waals surface area contributed by atoms with Gasteiger partial charge in [0.25, 0.3) is 0 Å². The third-order valence-electron chi connectivity index (χ3n) is 6.07. The lowest BCUT2D eigenvalue weighted by atomic mass is 9.91. The Morgan fingerprint density at radius 3 is 2.37 bits per heavy atom. The summed E-state index contributed by atoms with van der Waals surface area (Å²) in [7, 11) is 0. The second kappa shape index (κ2) is 11.7. The van der Waals surface area contributed by atoms with Gasteiger partial charge >= 0.3 is 0 Å². The average Bonchev–Trinajstić information content (AvgIpc) is 2.78. The molecule has 0 radical (unpaired) electrons. The number of nitrogens with zero attached hydrogens (tertiary/aromatic N) is 1. The Hall–Kier alpha value is -2.41. The van der Waals surface area contributed by atoms with Gasteiger partial charge in [-0.05, 0) is 56.7 Å².